The average Bonchev–Trinajstić information content (AvgIpc) is 2.71. The zero-order valence-electron chi connectivity index (χ0n) is 16.3. The summed E-state index contributed by atoms with van der Waals surface area (Å²) in [5.74, 6) is -0.396. The molecule has 166 valence electrons. The maximum Gasteiger partial charge on any atom is 0.416 e. The van der Waals surface area contributed by atoms with Crippen LogP contribution in [0, 0.1) is 10.1 Å². The molecular formula is C19H18F3N3O5S. The number of nitro benzene ring substituents is 1. The van der Waals surface area contributed by atoms with E-state index in [-0.39, 0.29) is 42.3 Å². The van der Waals surface area contributed by atoms with Crippen molar-refractivity contribution >= 4 is 27.1 Å². The lowest BCUT2D eigenvalue weighted by atomic mass is 10.1. The fourth-order valence-corrected chi connectivity index (χ4v) is 3.97. The monoisotopic (exact) mass is 457 g/mol. The largest absolute Gasteiger partial charge is 0.416 e. The van der Waals surface area contributed by atoms with E-state index < -0.39 is 38.1 Å². The summed E-state index contributed by atoms with van der Waals surface area (Å²) in [6.07, 6.45) is -3.67. The summed E-state index contributed by atoms with van der Waals surface area (Å²) in [4.78, 5) is 26.2. The summed E-state index contributed by atoms with van der Waals surface area (Å²) in [5, 5.41) is 11.3. The summed E-state index contributed by atoms with van der Waals surface area (Å²) in [6, 6.07) is 7.97. The zero-order valence-corrected chi connectivity index (χ0v) is 17.1. The molecule has 31 heavy (non-hydrogen) atoms. The Balaban J connectivity index is 1.77. The van der Waals surface area contributed by atoms with E-state index in [0.717, 1.165) is 18.4 Å². The lowest BCUT2D eigenvalue weighted by Crippen LogP contribution is -2.49. The Hall–Kier alpha value is -3.15. The Morgan fingerprint density at radius 3 is 2.26 bits per heavy atom. The van der Waals surface area contributed by atoms with Crippen LogP contribution < -0.4 is 4.90 Å². The van der Waals surface area contributed by atoms with Crippen LogP contribution in [0.15, 0.2) is 47.4 Å². The van der Waals surface area contributed by atoms with Gasteiger partial charge in [-0.05, 0) is 30.3 Å². The van der Waals surface area contributed by atoms with Crippen molar-refractivity contribution in [3.05, 3.63) is 63.7 Å². The molecule has 0 aromatic heterocycles. The third kappa shape index (κ3) is 4.95. The van der Waals surface area contributed by atoms with Crippen molar-refractivity contribution < 1.29 is 31.3 Å². The number of nitrogens with zero attached hydrogens (tertiary/aromatic N) is 3. The molecule has 0 unspecified atom stereocenters. The molecule has 12 heteroatoms. The van der Waals surface area contributed by atoms with Gasteiger partial charge in [-0.1, -0.05) is 6.07 Å². The molecule has 8 nitrogen and oxygen atoms in total. The number of anilines is 1. The van der Waals surface area contributed by atoms with Gasteiger partial charge in [-0.2, -0.15) is 13.2 Å². The van der Waals surface area contributed by atoms with Gasteiger partial charge in [-0.15, -0.1) is 0 Å². The zero-order chi connectivity index (χ0) is 23.0. The Kier molecular flexibility index (Phi) is 5.94. The second-order valence-electron chi connectivity index (χ2n) is 7.04. The minimum absolute atomic E-state index is 0.0114. The van der Waals surface area contributed by atoms with E-state index >= 15 is 0 Å². The topological polar surface area (TPSA) is 101 Å². The second-order valence-corrected chi connectivity index (χ2v) is 9.05. The van der Waals surface area contributed by atoms with Crippen LogP contribution in [0.4, 0.5) is 24.5 Å². The van der Waals surface area contributed by atoms with Gasteiger partial charge in [0.1, 0.15) is 5.69 Å². The van der Waals surface area contributed by atoms with Crippen molar-refractivity contribution in [3.8, 4) is 0 Å². The number of rotatable bonds is 4. The van der Waals surface area contributed by atoms with E-state index in [1.54, 1.807) is 4.90 Å². The number of nitro groups is 1. The number of halogens is 3. The van der Waals surface area contributed by atoms with Gasteiger partial charge in [-0.3, -0.25) is 14.9 Å². The highest BCUT2D eigenvalue weighted by Crippen LogP contribution is 2.36. The molecule has 2 aromatic carbocycles. The lowest BCUT2D eigenvalue weighted by Gasteiger charge is -2.36. The van der Waals surface area contributed by atoms with Crippen molar-refractivity contribution in [2.75, 3.05) is 37.3 Å². The molecule has 0 atom stereocenters. The summed E-state index contributed by atoms with van der Waals surface area (Å²) < 4.78 is 62.1. The smallest absolute Gasteiger partial charge is 0.362 e. The first-order valence-electron chi connectivity index (χ1n) is 9.08. The minimum Gasteiger partial charge on any atom is -0.362 e. The first kappa shape index (κ1) is 22.5. The molecule has 1 amide bonds. The van der Waals surface area contributed by atoms with Crippen LogP contribution in [-0.2, 0) is 16.0 Å². The summed E-state index contributed by atoms with van der Waals surface area (Å²) in [5.41, 5.74) is -1.53. The molecule has 0 spiro atoms. The lowest BCUT2D eigenvalue weighted by molar-refractivity contribution is -0.384. The maximum atomic E-state index is 12.9. The van der Waals surface area contributed by atoms with Gasteiger partial charge in [0.25, 0.3) is 11.6 Å². The van der Waals surface area contributed by atoms with Gasteiger partial charge in [0.2, 0.25) is 0 Å². The second kappa shape index (κ2) is 8.17. The number of carbonyl (C=O) groups excluding carboxylic acids is 1. The molecule has 1 fully saturated rings. The van der Waals surface area contributed by atoms with Gasteiger partial charge >= 0.3 is 6.18 Å². The van der Waals surface area contributed by atoms with E-state index in [0.29, 0.717) is 6.07 Å². The Morgan fingerprint density at radius 1 is 1.06 bits per heavy atom. The first-order valence-corrected chi connectivity index (χ1v) is 11.0. The average molecular weight is 457 g/mol. The van der Waals surface area contributed by atoms with Crippen LogP contribution in [0.3, 0.4) is 0 Å². The predicted octanol–water partition coefficient (Wildman–Crippen LogP) is 2.98. The van der Waals surface area contributed by atoms with Gasteiger partial charge < -0.3 is 9.80 Å². The fraction of sp³-hybridized carbons (Fsp3) is 0.316. The molecule has 1 saturated heterocycles. The highest BCUT2D eigenvalue weighted by molar-refractivity contribution is 7.90. The number of sulfone groups is 1. The minimum atomic E-state index is -4.70. The van der Waals surface area contributed by atoms with Crippen molar-refractivity contribution in [1.82, 2.24) is 4.90 Å². The molecule has 3 rings (SSSR count). The number of benzene rings is 2. The van der Waals surface area contributed by atoms with Gasteiger partial charge in [0.05, 0.1) is 15.4 Å². The van der Waals surface area contributed by atoms with Crippen molar-refractivity contribution in [2.45, 2.75) is 11.1 Å². The van der Waals surface area contributed by atoms with Crippen molar-refractivity contribution in [2.24, 2.45) is 0 Å². The predicted molar refractivity (Wildman–Crippen MR) is 106 cm³/mol. The van der Waals surface area contributed by atoms with E-state index in [4.69, 9.17) is 0 Å². The number of amides is 1. The summed E-state index contributed by atoms with van der Waals surface area (Å²) >= 11 is 0. The third-order valence-corrected chi connectivity index (χ3v) is 6.03. The molecule has 1 aliphatic heterocycles. The molecule has 0 aliphatic carbocycles. The molecule has 1 heterocycles. The standard InChI is InChI=1S/C19H18F3N3O5S/c1-31(29,30)15-4-2-3-13(11-15)18(26)24-9-7-23(8-10-24)16-6-5-14(19(20,21)22)12-17(16)25(27)28/h2-6,11-12H,7-10H2,1H3. The quantitative estimate of drug-likeness (QED) is 0.517. The SMILES string of the molecule is CS(=O)(=O)c1cccc(C(=O)N2CCN(c3ccc(C(F)(F)F)cc3[N+](=O)[O-])CC2)c1. The molecule has 0 radical (unpaired) electrons. The van der Waals surface area contributed by atoms with Crippen LogP contribution in [-0.4, -0.2) is 56.6 Å². The van der Waals surface area contributed by atoms with Gasteiger partial charge in [0.15, 0.2) is 9.84 Å². The summed E-state index contributed by atoms with van der Waals surface area (Å²) in [7, 11) is -3.48. The van der Waals surface area contributed by atoms with Crippen LogP contribution in [0.1, 0.15) is 15.9 Å². The van der Waals surface area contributed by atoms with Crippen LogP contribution in [0.2, 0.25) is 0 Å². The summed E-state index contributed by atoms with van der Waals surface area (Å²) in [6.45, 7) is 0.674. The Bertz CT molecular complexity index is 1130. The first-order chi connectivity index (χ1) is 14.4. The molecule has 2 aromatic rings. The van der Waals surface area contributed by atoms with Crippen LogP contribution in [0.5, 0.6) is 0 Å². The normalized spacial score (nSPS) is 15.1. The molecule has 1 aliphatic rings. The van der Waals surface area contributed by atoms with Gasteiger partial charge in [-0.25, -0.2) is 8.42 Å². The molecular weight excluding hydrogens is 439 g/mol. The van der Waals surface area contributed by atoms with E-state index in [9.17, 15) is 36.5 Å². The van der Waals surface area contributed by atoms with Crippen molar-refractivity contribution in [3.63, 3.8) is 0 Å². The van der Waals surface area contributed by atoms with Gasteiger partial charge in [0, 0.05) is 44.1 Å². The maximum absolute atomic E-state index is 12.9. The fourth-order valence-electron chi connectivity index (χ4n) is 3.31. The molecule has 0 N–H and O–H groups in total. The van der Waals surface area contributed by atoms with E-state index in [1.807, 2.05) is 0 Å². The number of hydrogen-bond acceptors (Lipinski definition) is 6. The van der Waals surface area contributed by atoms with Crippen LogP contribution in [0.25, 0.3) is 0 Å². The number of alkyl halides is 3. The Morgan fingerprint density at radius 2 is 1.71 bits per heavy atom. The van der Waals surface area contributed by atoms with Crippen molar-refractivity contribution in [1.29, 1.82) is 0 Å². The van der Waals surface area contributed by atoms with E-state index in [2.05, 4.69) is 0 Å². The molecule has 0 bridgehead atoms. The Labute approximate surface area is 175 Å². The highest BCUT2D eigenvalue weighted by atomic mass is 32.2. The number of hydrogen-bond donors (Lipinski definition) is 0. The number of piperazine rings is 1. The highest BCUT2D eigenvalue weighted by Gasteiger charge is 2.34. The third-order valence-electron chi connectivity index (χ3n) is 4.92. The van der Waals surface area contributed by atoms with E-state index in [1.165, 1.54) is 29.2 Å². The van der Waals surface area contributed by atoms with Crippen LogP contribution >= 0.6 is 0 Å². The number of carbonyl (C=O) groups is 1. The molecule has 0 saturated carbocycles.